The lowest BCUT2D eigenvalue weighted by Crippen LogP contribution is -2.03. The van der Waals surface area contributed by atoms with Gasteiger partial charge in [0.15, 0.2) is 0 Å². The molecule has 0 bridgehead atoms. The SMILES string of the molecule is [C-]#[N+]c1cc(-n2c3ccc(-n4c5ccccc5c5ccccc54)cc3c3c4oc5ccccc5c4ccc32)c(C#N)cc1-n1c2ccc(-n3c4ccccc4c4ccccc43)cc2c2ccc3c4ccccc4n(-c4ccccc4)c3c21. The lowest BCUT2D eigenvalue weighted by Gasteiger charge is -2.17. The Bertz CT molecular complexity index is 5820. The van der Waals surface area contributed by atoms with Crippen molar-refractivity contribution in [1.82, 2.24) is 22.8 Å². The van der Waals surface area contributed by atoms with Crippen LogP contribution in [0.3, 0.4) is 0 Å². The van der Waals surface area contributed by atoms with E-state index in [2.05, 4.69) is 246 Å². The van der Waals surface area contributed by atoms with Crippen LogP contribution in [-0.4, -0.2) is 22.8 Å². The number of para-hydroxylation sites is 7. The molecule has 0 atom stereocenters. The van der Waals surface area contributed by atoms with Crippen LogP contribution in [0.15, 0.2) is 253 Å². The first-order chi connectivity index (χ1) is 40.6. The first kappa shape index (κ1) is 44.4. The van der Waals surface area contributed by atoms with Crippen molar-refractivity contribution in [3.05, 3.63) is 266 Å². The summed E-state index contributed by atoms with van der Waals surface area (Å²) in [5.74, 6) is 0. The van der Waals surface area contributed by atoms with Crippen LogP contribution in [0.1, 0.15) is 5.56 Å². The summed E-state index contributed by atoms with van der Waals surface area (Å²) in [6.07, 6.45) is 0. The van der Waals surface area contributed by atoms with Gasteiger partial charge in [0.05, 0.1) is 84.1 Å². The Kier molecular flexibility index (Phi) is 8.93. The molecule has 18 aromatic rings. The summed E-state index contributed by atoms with van der Waals surface area (Å²) in [7, 11) is 0. The minimum atomic E-state index is 0.403. The standard InChI is InChI=1S/C74H41N7O/c1-76-59-42-68(80-66-37-32-47(78-62-27-13-7-21-50(62)51-22-8-14-28-63(51)78)41-58(66)71-67(80)38-35-56-53-24-10-16-30-70(53)82-74(56)71)44(43-75)39-69(59)81-65-36-31-46(77-60-25-11-5-19-48(60)49-20-6-12-26-61(49)77)40-57(65)55-34-33-54-52-23-9-15-29-64(52)79(72(54)73(55)81)45-17-3-2-4-18-45/h2-42H. The van der Waals surface area contributed by atoms with Crippen LogP contribution in [0.4, 0.5) is 5.69 Å². The largest absolute Gasteiger partial charge is 0.455 e. The average Bonchev–Trinajstić information content (AvgIpc) is 4.53. The molecule has 0 spiro atoms. The van der Waals surface area contributed by atoms with Crippen molar-refractivity contribution in [3.63, 3.8) is 0 Å². The number of nitrogens with zero attached hydrogens (tertiary/aromatic N) is 7. The molecule has 6 heterocycles. The molecule has 0 radical (unpaired) electrons. The van der Waals surface area contributed by atoms with Crippen LogP contribution in [0.5, 0.6) is 0 Å². The predicted octanol–water partition coefficient (Wildman–Crippen LogP) is 19.5. The summed E-state index contributed by atoms with van der Waals surface area (Å²) in [5.41, 5.74) is 16.8. The number of aromatic nitrogens is 5. The monoisotopic (exact) mass is 1040 g/mol. The topological polar surface area (TPSA) is 65.9 Å². The smallest absolute Gasteiger partial charge is 0.212 e. The van der Waals surface area contributed by atoms with E-state index >= 15 is 0 Å². The van der Waals surface area contributed by atoms with Crippen LogP contribution in [-0.2, 0) is 0 Å². The first-order valence-corrected chi connectivity index (χ1v) is 27.5. The lowest BCUT2D eigenvalue weighted by atomic mass is 10.1. The number of fused-ring (bicyclic) bond motifs is 20. The highest BCUT2D eigenvalue weighted by Crippen LogP contribution is 2.48. The molecule has 0 saturated heterocycles. The number of hydrogen-bond donors (Lipinski definition) is 0. The average molecular weight is 1040 g/mol. The van der Waals surface area contributed by atoms with E-state index in [1.54, 1.807) is 0 Å². The molecule has 0 fully saturated rings. The van der Waals surface area contributed by atoms with Gasteiger partial charge in [-0.05, 0) is 109 Å². The fourth-order valence-corrected chi connectivity index (χ4v) is 14.0. The molecule has 0 aliphatic heterocycles. The molecule has 0 aliphatic carbocycles. The van der Waals surface area contributed by atoms with E-state index in [1.165, 1.54) is 21.5 Å². The Balaban J connectivity index is 0.942. The van der Waals surface area contributed by atoms with Crippen LogP contribution < -0.4 is 0 Å². The molecular formula is C74H41N7O. The van der Waals surface area contributed by atoms with Crippen molar-refractivity contribution in [1.29, 1.82) is 5.26 Å². The summed E-state index contributed by atoms with van der Waals surface area (Å²) in [4.78, 5) is 4.43. The number of rotatable bonds is 5. The zero-order chi connectivity index (χ0) is 53.9. The number of nitriles is 1. The number of furan rings is 1. The highest BCUT2D eigenvalue weighted by Gasteiger charge is 2.27. The Hall–Kier alpha value is -11.6. The molecule has 0 N–H and O–H groups in total. The second-order valence-corrected chi connectivity index (χ2v) is 21.4. The summed E-state index contributed by atoms with van der Waals surface area (Å²) >= 11 is 0. The molecule has 82 heavy (non-hydrogen) atoms. The lowest BCUT2D eigenvalue weighted by molar-refractivity contribution is 0.673. The summed E-state index contributed by atoms with van der Waals surface area (Å²) in [6, 6.07) is 90.2. The van der Waals surface area contributed by atoms with Gasteiger partial charge >= 0.3 is 0 Å². The van der Waals surface area contributed by atoms with E-state index < -0.39 is 0 Å². The van der Waals surface area contributed by atoms with Crippen molar-refractivity contribution in [3.8, 4) is 34.5 Å². The Labute approximate surface area is 467 Å². The number of hydrogen-bond acceptors (Lipinski definition) is 2. The molecule has 0 unspecified atom stereocenters. The maximum atomic E-state index is 11.7. The van der Waals surface area contributed by atoms with E-state index in [4.69, 9.17) is 4.42 Å². The Morgan fingerprint density at radius 3 is 1.37 bits per heavy atom. The van der Waals surface area contributed by atoms with Crippen LogP contribution in [0.2, 0.25) is 0 Å². The Morgan fingerprint density at radius 2 is 0.780 bits per heavy atom. The second kappa shape index (κ2) is 16.5. The third-order valence-electron chi connectivity index (χ3n) is 17.3. The molecule has 12 aromatic carbocycles. The maximum absolute atomic E-state index is 11.7. The highest BCUT2D eigenvalue weighted by atomic mass is 16.3. The van der Waals surface area contributed by atoms with Crippen molar-refractivity contribution >= 4 is 137 Å². The third kappa shape index (κ3) is 5.86. The highest BCUT2D eigenvalue weighted by molar-refractivity contribution is 6.26. The van der Waals surface area contributed by atoms with E-state index in [0.717, 1.165) is 126 Å². The van der Waals surface area contributed by atoms with Crippen molar-refractivity contribution < 1.29 is 4.42 Å². The van der Waals surface area contributed by atoms with Crippen molar-refractivity contribution in [2.45, 2.75) is 0 Å². The molecule has 0 amide bonds. The van der Waals surface area contributed by atoms with Crippen molar-refractivity contribution in [2.24, 2.45) is 0 Å². The minimum absolute atomic E-state index is 0.403. The van der Waals surface area contributed by atoms with E-state index in [0.29, 0.717) is 22.6 Å². The quantitative estimate of drug-likeness (QED) is 0.161. The van der Waals surface area contributed by atoms with Gasteiger partial charge in [-0.25, -0.2) is 4.85 Å². The van der Waals surface area contributed by atoms with Gasteiger partial charge in [0.25, 0.3) is 0 Å². The molecule has 18 rings (SSSR count). The molecule has 378 valence electrons. The Morgan fingerprint density at radius 1 is 0.329 bits per heavy atom. The fourth-order valence-electron chi connectivity index (χ4n) is 14.0. The molecule has 0 saturated carbocycles. The minimum Gasteiger partial charge on any atom is -0.455 e. The zero-order valence-corrected chi connectivity index (χ0v) is 43.7. The van der Waals surface area contributed by atoms with E-state index in [-0.39, 0.29) is 0 Å². The van der Waals surface area contributed by atoms with E-state index in [9.17, 15) is 11.8 Å². The molecular weight excluding hydrogens is 1000 g/mol. The number of benzene rings is 12. The van der Waals surface area contributed by atoms with Crippen LogP contribution in [0.25, 0.3) is 164 Å². The van der Waals surface area contributed by atoms with Crippen LogP contribution >= 0.6 is 0 Å². The van der Waals surface area contributed by atoms with Gasteiger partial charge < -0.3 is 27.3 Å². The summed E-state index contributed by atoms with van der Waals surface area (Å²) in [5, 5.41) is 24.6. The van der Waals surface area contributed by atoms with Crippen molar-refractivity contribution in [2.75, 3.05) is 0 Å². The van der Waals surface area contributed by atoms with Gasteiger partial charge in [-0.2, -0.15) is 5.26 Å². The van der Waals surface area contributed by atoms with Gasteiger partial charge in [-0.1, -0.05) is 140 Å². The second-order valence-electron chi connectivity index (χ2n) is 21.4. The van der Waals surface area contributed by atoms with Gasteiger partial charge in [0.1, 0.15) is 17.2 Å². The summed E-state index contributed by atoms with van der Waals surface area (Å²) < 4.78 is 18.3. The summed E-state index contributed by atoms with van der Waals surface area (Å²) in [6.45, 7) is 9.19. The normalized spacial score (nSPS) is 12.1. The third-order valence-corrected chi connectivity index (χ3v) is 17.3. The van der Waals surface area contributed by atoms with E-state index in [1.807, 2.05) is 36.4 Å². The van der Waals surface area contributed by atoms with Gasteiger partial charge in [-0.3, -0.25) is 0 Å². The maximum Gasteiger partial charge on any atom is 0.212 e. The molecule has 6 aromatic heterocycles. The molecule has 8 heteroatoms. The fraction of sp³-hybridized carbons (Fsp3) is 0. The predicted molar refractivity (Wildman–Crippen MR) is 336 cm³/mol. The molecule has 8 nitrogen and oxygen atoms in total. The first-order valence-electron chi connectivity index (χ1n) is 27.5. The van der Waals surface area contributed by atoms with Gasteiger partial charge in [0.2, 0.25) is 5.69 Å². The molecule has 0 aliphatic rings. The zero-order valence-electron chi connectivity index (χ0n) is 43.7. The van der Waals surface area contributed by atoms with Gasteiger partial charge in [0, 0.05) is 76.3 Å². The van der Waals surface area contributed by atoms with Gasteiger partial charge in [-0.15, -0.1) is 0 Å². The van der Waals surface area contributed by atoms with Crippen LogP contribution in [0, 0.1) is 17.9 Å².